The van der Waals surface area contributed by atoms with E-state index in [2.05, 4.69) is 20.1 Å². The molecule has 3 aromatic rings. The number of hydrogen-bond acceptors (Lipinski definition) is 4. The van der Waals surface area contributed by atoms with Gasteiger partial charge in [-0.1, -0.05) is 24.3 Å². The molecule has 3 N–H and O–H groups in total. The Morgan fingerprint density at radius 3 is 2.40 bits per heavy atom. The van der Waals surface area contributed by atoms with Crippen LogP contribution in [0.4, 0.5) is 18.0 Å². The van der Waals surface area contributed by atoms with Crippen LogP contribution in [0.1, 0.15) is 18.4 Å². The number of rotatable bonds is 8. The average molecular weight is 419 g/mol. The van der Waals surface area contributed by atoms with Crippen LogP contribution >= 0.6 is 0 Å². The first kappa shape index (κ1) is 21.2. The second-order valence-corrected chi connectivity index (χ2v) is 6.50. The molecule has 1 aromatic heterocycles. The van der Waals surface area contributed by atoms with E-state index in [0.29, 0.717) is 18.1 Å². The zero-order chi connectivity index (χ0) is 21.6. The predicted octanol–water partition coefficient (Wildman–Crippen LogP) is 3.82. The van der Waals surface area contributed by atoms with Crippen LogP contribution in [0.25, 0.3) is 17.1 Å². The summed E-state index contributed by atoms with van der Waals surface area (Å²) in [5, 5.41) is 6.93. The lowest BCUT2D eigenvalue weighted by Gasteiger charge is -2.09. The number of aryl methyl sites for hydroxylation is 1. The van der Waals surface area contributed by atoms with Crippen molar-refractivity contribution in [2.45, 2.75) is 25.6 Å². The van der Waals surface area contributed by atoms with Gasteiger partial charge in [-0.15, -0.1) is 18.3 Å². The summed E-state index contributed by atoms with van der Waals surface area (Å²) < 4.78 is 42.1. The average Bonchev–Trinajstić information content (AvgIpc) is 3.17. The van der Waals surface area contributed by atoms with E-state index in [1.807, 2.05) is 24.3 Å². The maximum Gasteiger partial charge on any atom is 0.573 e. The van der Waals surface area contributed by atoms with E-state index in [9.17, 15) is 18.0 Å². The van der Waals surface area contributed by atoms with Gasteiger partial charge in [0.1, 0.15) is 12.1 Å². The van der Waals surface area contributed by atoms with Crippen LogP contribution in [0.15, 0.2) is 54.9 Å². The molecule has 0 atom stereocenters. The standard InChI is InChI=1S/C20H20F3N5O2/c21-20(22,23)30-17-10-8-16(9-11-17)28-13-26-18(27-28)15-6-4-14(5-7-15)3-1-2-12-25-19(24)29/h4-11,13H,1-3,12H2,(H3,24,25,29). The lowest BCUT2D eigenvalue weighted by Crippen LogP contribution is -2.30. The number of benzene rings is 2. The first-order valence-electron chi connectivity index (χ1n) is 9.21. The van der Waals surface area contributed by atoms with Crippen LogP contribution in [0, 0.1) is 0 Å². The topological polar surface area (TPSA) is 95.1 Å². The van der Waals surface area contributed by atoms with Crippen molar-refractivity contribution in [1.82, 2.24) is 20.1 Å². The van der Waals surface area contributed by atoms with Gasteiger partial charge in [-0.25, -0.2) is 14.5 Å². The van der Waals surface area contributed by atoms with Gasteiger partial charge < -0.3 is 15.8 Å². The Morgan fingerprint density at radius 2 is 1.77 bits per heavy atom. The van der Waals surface area contributed by atoms with Gasteiger partial charge in [0.25, 0.3) is 0 Å². The second kappa shape index (κ2) is 9.29. The van der Waals surface area contributed by atoms with Gasteiger partial charge in [0.2, 0.25) is 0 Å². The molecule has 0 unspecified atom stereocenters. The van der Waals surface area contributed by atoms with Crippen LogP contribution in [0.2, 0.25) is 0 Å². The van der Waals surface area contributed by atoms with E-state index in [1.54, 1.807) is 0 Å². The number of urea groups is 1. The minimum absolute atomic E-state index is 0.299. The highest BCUT2D eigenvalue weighted by Gasteiger charge is 2.30. The molecule has 30 heavy (non-hydrogen) atoms. The Hall–Kier alpha value is -3.56. The van der Waals surface area contributed by atoms with Gasteiger partial charge in [0, 0.05) is 12.1 Å². The minimum atomic E-state index is -4.73. The zero-order valence-corrected chi connectivity index (χ0v) is 15.9. The highest BCUT2D eigenvalue weighted by Crippen LogP contribution is 2.24. The summed E-state index contributed by atoms with van der Waals surface area (Å²) in [4.78, 5) is 14.9. The number of alkyl halides is 3. The number of nitrogens with zero attached hydrogens (tertiary/aromatic N) is 3. The summed E-state index contributed by atoms with van der Waals surface area (Å²) in [5.41, 5.74) is 7.55. The molecule has 158 valence electrons. The van der Waals surface area contributed by atoms with E-state index in [4.69, 9.17) is 5.73 Å². The monoisotopic (exact) mass is 419 g/mol. The van der Waals surface area contributed by atoms with Gasteiger partial charge in [-0.2, -0.15) is 0 Å². The van der Waals surface area contributed by atoms with Crippen LogP contribution in [0.3, 0.4) is 0 Å². The van der Waals surface area contributed by atoms with E-state index in [1.165, 1.54) is 35.3 Å². The van der Waals surface area contributed by atoms with E-state index in [-0.39, 0.29) is 5.75 Å². The third-order valence-corrected chi connectivity index (χ3v) is 4.23. The quantitative estimate of drug-likeness (QED) is 0.543. The SMILES string of the molecule is NC(=O)NCCCCc1ccc(-c2ncn(-c3ccc(OC(F)(F)F)cc3)n2)cc1. The first-order valence-corrected chi connectivity index (χ1v) is 9.21. The Balaban J connectivity index is 1.58. The maximum atomic E-state index is 12.2. The number of carbonyl (C=O) groups is 1. The molecule has 2 amide bonds. The zero-order valence-electron chi connectivity index (χ0n) is 15.9. The van der Waals surface area contributed by atoms with E-state index < -0.39 is 12.4 Å². The third kappa shape index (κ3) is 6.23. The fourth-order valence-corrected chi connectivity index (χ4v) is 2.81. The normalized spacial score (nSPS) is 11.3. The van der Waals surface area contributed by atoms with Crippen molar-refractivity contribution in [3.63, 3.8) is 0 Å². The molecular formula is C20H20F3N5O2. The summed E-state index contributed by atoms with van der Waals surface area (Å²) >= 11 is 0. The van der Waals surface area contributed by atoms with Crippen molar-refractivity contribution in [3.8, 4) is 22.8 Å². The number of primary amides is 1. The smallest absolute Gasteiger partial charge is 0.406 e. The van der Waals surface area contributed by atoms with Gasteiger partial charge in [-0.05, 0) is 49.1 Å². The van der Waals surface area contributed by atoms with Crippen LogP contribution in [0.5, 0.6) is 5.75 Å². The Labute approximate surface area is 170 Å². The number of ether oxygens (including phenoxy) is 1. The van der Waals surface area contributed by atoms with Gasteiger partial charge in [0.15, 0.2) is 5.82 Å². The molecule has 0 fully saturated rings. The number of amides is 2. The van der Waals surface area contributed by atoms with E-state index >= 15 is 0 Å². The highest BCUT2D eigenvalue weighted by molar-refractivity contribution is 5.71. The summed E-state index contributed by atoms with van der Waals surface area (Å²) in [6.45, 7) is 0.554. The number of halogens is 3. The number of hydrogen-bond donors (Lipinski definition) is 2. The van der Waals surface area contributed by atoms with Crippen molar-refractivity contribution in [3.05, 3.63) is 60.4 Å². The Kier molecular flexibility index (Phi) is 6.55. The molecule has 0 saturated carbocycles. The molecule has 0 bridgehead atoms. The maximum absolute atomic E-state index is 12.2. The van der Waals surface area contributed by atoms with Crippen LogP contribution < -0.4 is 15.8 Å². The number of carbonyl (C=O) groups excluding carboxylic acids is 1. The lowest BCUT2D eigenvalue weighted by atomic mass is 10.1. The van der Waals surface area contributed by atoms with Crippen molar-refractivity contribution < 1.29 is 22.7 Å². The van der Waals surface area contributed by atoms with Crippen molar-refractivity contribution in [1.29, 1.82) is 0 Å². The molecule has 10 heteroatoms. The van der Waals surface area contributed by atoms with Crippen LogP contribution in [-0.2, 0) is 6.42 Å². The molecule has 0 aliphatic rings. The molecule has 0 aliphatic carbocycles. The second-order valence-electron chi connectivity index (χ2n) is 6.50. The largest absolute Gasteiger partial charge is 0.573 e. The number of unbranched alkanes of at least 4 members (excludes halogenated alkanes) is 1. The Bertz CT molecular complexity index is 969. The Morgan fingerprint density at radius 1 is 1.07 bits per heavy atom. The summed E-state index contributed by atoms with van der Waals surface area (Å²) in [5.74, 6) is 0.204. The number of aromatic nitrogens is 3. The van der Waals surface area contributed by atoms with Crippen molar-refractivity contribution in [2.75, 3.05) is 6.54 Å². The summed E-state index contributed by atoms with van der Waals surface area (Å²) in [6.07, 6.45) is -0.609. The van der Waals surface area contributed by atoms with E-state index in [0.717, 1.165) is 30.4 Å². The molecule has 2 aromatic carbocycles. The van der Waals surface area contributed by atoms with Gasteiger partial charge >= 0.3 is 12.4 Å². The molecule has 0 radical (unpaired) electrons. The highest BCUT2D eigenvalue weighted by atomic mass is 19.4. The molecular weight excluding hydrogens is 399 g/mol. The molecule has 3 rings (SSSR count). The summed E-state index contributed by atoms with van der Waals surface area (Å²) in [6, 6.07) is 12.7. The fraction of sp³-hybridized carbons (Fsp3) is 0.250. The molecule has 7 nitrogen and oxygen atoms in total. The van der Waals surface area contributed by atoms with Gasteiger partial charge in [0.05, 0.1) is 5.69 Å². The van der Waals surface area contributed by atoms with Gasteiger partial charge in [-0.3, -0.25) is 0 Å². The first-order chi connectivity index (χ1) is 14.3. The van der Waals surface area contributed by atoms with Crippen molar-refractivity contribution in [2.24, 2.45) is 5.73 Å². The number of nitrogens with one attached hydrogen (secondary N) is 1. The molecule has 0 spiro atoms. The van der Waals surface area contributed by atoms with Crippen molar-refractivity contribution >= 4 is 6.03 Å². The van der Waals surface area contributed by atoms with Crippen LogP contribution in [-0.4, -0.2) is 33.7 Å². The molecule has 1 heterocycles. The molecule has 0 aliphatic heterocycles. The third-order valence-electron chi connectivity index (χ3n) is 4.23. The lowest BCUT2D eigenvalue weighted by molar-refractivity contribution is -0.274. The number of nitrogens with two attached hydrogens (primary N) is 1. The predicted molar refractivity (Wildman–Crippen MR) is 104 cm³/mol. The molecule has 0 saturated heterocycles. The fourth-order valence-electron chi connectivity index (χ4n) is 2.81. The summed E-state index contributed by atoms with van der Waals surface area (Å²) in [7, 11) is 0. The minimum Gasteiger partial charge on any atom is -0.406 e.